The molecule has 0 aromatic carbocycles. The van der Waals surface area contributed by atoms with Crippen LogP contribution in [0.5, 0.6) is 0 Å². The van der Waals surface area contributed by atoms with E-state index in [-0.39, 0.29) is 18.6 Å². The van der Waals surface area contributed by atoms with E-state index in [1.807, 2.05) is 0 Å². The Morgan fingerprint density at radius 1 is 1.47 bits per heavy atom. The minimum Gasteiger partial charge on any atom is -0.361 e. The van der Waals surface area contributed by atoms with E-state index in [0.29, 0.717) is 12.0 Å². The van der Waals surface area contributed by atoms with E-state index in [9.17, 15) is 0 Å². The highest BCUT2D eigenvalue weighted by atomic mass is 35.5. The average molecular weight is 235 g/mol. The van der Waals surface area contributed by atoms with E-state index in [2.05, 4.69) is 24.1 Å². The summed E-state index contributed by atoms with van der Waals surface area (Å²) < 4.78 is 5.85. The molecule has 1 N–H and O–H groups in total. The van der Waals surface area contributed by atoms with Gasteiger partial charge in [-0.2, -0.15) is 0 Å². The maximum Gasteiger partial charge on any atom is 0.123 e. The van der Waals surface area contributed by atoms with Gasteiger partial charge in [-0.1, -0.05) is 13.8 Å². The number of hydrogen-bond donors (Lipinski definition) is 1. The second kappa shape index (κ2) is 6.04. The van der Waals surface area contributed by atoms with Gasteiger partial charge in [-0.3, -0.25) is 10.2 Å². The Bertz CT molecular complexity index is 183. The molecule has 0 aromatic rings. The standard InChI is InChI=1S/C11H22N2O.ClH/c1-3-13-6-4-5-10(13)11-12-7-9(2)8-14-11;/h9-12H,3-8H2,1-2H3;1H. The van der Waals surface area contributed by atoms with Crippen molar-refractivity contribution < 1.29 is 4.74 Å². The third-order valence-electron chi connectivity index (χ3n) is 3.40. The van der Waals surface area contributed by atoms with Gasteiger partial charge in [-0.15, -0.1) is 12.4 Å². The molecule has 0 bridgehead atoms. The molecule has 2 aliphatic heterocycles. The minimum atomic E-state index is 0. The van der Waals surface area contributed by atoms with Crippen LogP contribution in [0.1, 0.15) is 26.7 Å². The molecule has 0 spiro atoms. The summed E-state index contributed by atoms with van der Waals surface area (Å²) in [6.07, 6.45) is 2.91. The first kappa shape index (κ1) is 13.2. The molecular weight excluding hydrogens is 212 g/mol. The number of ether oxygens (including phenoxy) is 1. The Labute approximate surface area is 99.0 Å². The van der Waals surface area contributed by atoms with Crippen molar-refractivity contribution >= 4 is 12.4 Å². The fraction of sp³-hybridized carbons (Fsp3) is 1.00. The van der Waals surface area contributed by atoms with E-state index >= 15 is 0 Å². The summed E-state index contributed by atoms with van der Waals surface area (Å²) in [6.45, 7) is 8.91. The van der Waals surface area contributed by atoms with Crippen LogP contribution in [0.4, 0.5) is 0 Å². The minimum absolute atomic E-state index is 0. The Balaban J connectivity index is 0.00000112. The maximum atomic E-state index is 5.85. The second-order valence-electron chi connectivity index (χ2n) is 4.61. The first-order valence-electron chi connectivity index (χ1n) is 5.90. The van der Waals surface area contributed by atoms with Gasteiger partial charge < -0.3 is 4.74 Å². The number of halogens is 1. The molecule has 2 fully saturated rings. The van der Waals surface area contributed by atoms with E-state index in [1.54, 1.807) is 0 Å². The van der Waals surface area contributed by atoms with Gasteiger partial charge in [0.15, 0.2) is 0 Å². The van der Waals surface area contributed by atoms with Crippen LogP contribution in [-0.4, -0.2) is 43.4 Å². The summed E-state index contributed by atoms with van der Waals surface area (Å²) in [5.41, 5.74) is 0. The Morgan fingerprint density at radius 3 is 2.87 bits per heavy atom. The zero-order valence-electron chi connectivity index (χ0n) is 9.74. The van der Waals surface area contributed by atoms with Crippen molar-refractivity contribution in [3.63, 3.8) is 0 Å². The van der Waals surface area contributed by atoms with E-state index in [4.69, 9.17) is 4.74 Å². The van der Waals surface area contributed by atoms with Gasteiger partial charge in [-0.25, -0.2) is 0 Å². The molecule has 3 nitrogen and oxygen atoms in total. The van der Waals surface area contributed by atoms with Gasteiger partial charge in [0.05, 0.1) is 6.61 Å². The highest BCUT2D eigenvalue weighted by Gasteiger charge is 2.33. The first-order valence-corrected chi connectivity index (χ1v) is 5.90. The van der Waals surface area contributed by atoms with Crippen LogP contribution in [0.2, 0.25) is 0 Å². The monoisotopic (exact) mass is 234 g/mol. The number of nitrogens with zero attached hydrogens (tertiary/aromatic N) is 1. The molecule has 2 saturated heterocycles. The van der Waals surface area contributed by atoms with E-state index in [0.717, 1.165) is 19.7 Å². The predicted molar refractivity (Wildman–Crippen MR) is 64.4 cm³/mol. The highest BCUT2D eigenvalue weighted by Crippen LogP contribution is 2.22. The lowest BCUT2D eigenvalue weighted by Gasteiger charge is -2.36. The molecule has 2 aliphatic rings. The van der Waals surface area contributed by atoms with Gasteiger partial charge in [0, 0.05) is 12.6 Å². The number of hydrogen-bond acceptors (Lipinski definition) is 3. The largest absolute Gasteiger partial charge is 0.361 e. The van der Waals surface area contributed by atoms with Crippen molar-refractivity contribution in [2.24, 2.45) is 5.92 Å². The average Bonchev–Trinajstić information content (AvgIpc) is 2.67. The lowest BCUT2D eigenvalue weighted by atomic mass is 10.1. The summed E-state index contributed by atoms with van der Waals surface area (Å²) >= 11 is 0. The zero-order chi connectivity index (χ0) is 9.97. The number of rotatable bonds is 2. The van der Waals surface area contributed by atoms with Gasteiger partial charge >= 0.3 is 0 Å². The zero-order valence-corrected chi connectivity index (χ0v) is 10.6. The first-order chi connectivity index (χ1) is 6.81. The molecule has 0 aromatic heterocycles. The maximum absolute atomic E-state index is 5.85. The van der Waals surface area contributed by atoms with Crippen molar-refractivity contribution in [2.45, 2.75) is 39.0 Å². The Hall–Kier alpha value is 0.170. The molecule has 3 unspecified atom stereocenters. The summed E-state index contributed by atoms with van der Waals surface area (Å²) in [4.78, 5) is 2.54. The molecular formula is C11H23ClN2O. The van der Waals surface area contributed by atoms with E-state index in [1.165, 1.54) is 19.4 Å². The number of nitrogens with one attached hydrogen (secondary N) is 1. The molecule has 2 heterocycles. The summed E-state index contributed by atoms with van der Waals surface area (Å²) in [5, 5.41) is 3.51. The topological polar surface area (TPSA) is 24.5 Å². The molecule has 0 radical (unpaired) electrons. The molecule has 2 rings (SSSR count). The molecule has 15 heavy (non-hydrogen) atoms. The summed E-state index contributed by atoms with van der Waals surface area (Å²) in [5.74, 6) is 0.669. The van der Waals surface area contributed by atoms with Crippen molar-refractivity contribution in [1.29, 1.82) is 0 Å². The molecule has 3 atom stereocenters. The van der Waals surface area contributed by atoms with Crippen LogP contribution in [0, 0.1) is 5.92 Å². The lowest BCUT2D eigenvalue weighted by molar-refractivity contribution is -0.0625. The van der Waals surface area contributed by atoms with Gasteiger partial charge in [-0.05, 0) is 31.8 Å². The molecule has 4 heteroatoms. The molecule has 0 amide bonds. The van der Waals surface area contributed by atoms with Crippen LogP contribution in [0.3, 0.4) is 0 Å². The Kier molecular flexibility index (Phi) is 5.33. The highest BCUT2D eigenvalue weighted by molar-refractivity contribution is 5.85. The quantitative estimate of drug-likeness (QED) is 0.784. The van der Waals surface area contributed by atoms with Crippen molar-refractivity contribution in [2.75, 3.05) is 26.2 Å². The normalized spacial score (nSPS) is 37.6. The lowest BCUT2D eigenvalue weighted by Crippen LogP contribution is -2.53. The van der Waals surface area contributed by atoms with Crippen LogP contribution in [0.15, 0.2) is 0 Å². The summed E-state index contributed by atoms with van der Waals surface area (Å²) in [7, 11) is 0. The smallest absolute Gasteiger partial charge is 0.123 e. The molecule has 0 saturated carbocycles. The van der Waals surface area contributed by atoms with Gasteiger partial charge in [0.2, 0.25) is 0 Å². The van der Waals surface area contributed by atoms with Crippen molar-refractivity contribution in [3.8, 4) is 0 Å². The molecule has 90 valence electrons. The SMILES string of the molecule is CCN1CCCC1C1NCC(C)CO1.Cl. The van der Waals surface area contributed by atoms with Crippen LogP contribution < -0.4 is 5.32 Å². The third-order valence-corrected chi connectivity index (χ3v) is 3.40. The second-order valence-corrected chi connectivity index (χ2v) is 4.61. The Morgan fingerprint density at radius 2 is 2.27 bits per heavy atom. The summed E-state index contributed by atoms with van der Waals surface area (Å²) in [6, 6.07) is 0.618. The van der Waals surface area contributed by atoms with Crippen molar-refractivity contribution in [3.05, 3.63) is 0 Å². The third kappa shape index (κ3) is 3.06. The van der Waals surface area contributed by atoms with Crippen LogP contribution in [0.25, 0.3) is 0 Å². The molecule has 0 aliphatic carbocycles. The van der Waals surface area contributed by atoms with Crippen LogP contribution in [-0.2, 0) is 4.74 Å². The van der Waals surface area contributed by atoms with Gasteiger partial charge in [0.25, 0.3) is 0 Å². The van der Waals surface area contributed by atoms with Crippen LogP contribution >= 0.6 is 12.4 Å². The predicted octanol–water partition coefficient (Wildman–Crippen LogP) is 1.47. The number of likely N-dealkylation sites (N-methyl/N-ethyl adjacent to an activating group) is 1. The fourth-order valence-corrected chi connectivity index (χ4v) is 2.54. The number of likely N-dealkylation sites (tertiary alicyclic amines) is 1. The fourth-order valence-electron chi connectivity index (χ4n) is 2.54. The van der Waals surface area contributed by atoms with Gasteiger partial charge in [0.1, 0.15) is 6.23 Å². The van der Waals surface area contributed by atoms with Crippen molar-refractivity contribution in [1.82, 2.24) is 10.2 Å². The van der Waals surface area contributed by atoms with E-state index < -0.39 is 0 Å².